The molecule has 17 heavy (non-hydrogen) atoms. The first-order valence-electron chi connectivity index (χ1n) is 7.80. The smallest absolute Gasteiger partial charge is 0.119 e. The summed E-state index contributed by atoms with van der Waals surface area (Å²) >= 11 is 0. The van der Waals surface area contributed by atoms with Gasteiger partial charge in [-0.1, -0.05) is 0 Å². The Balaban J connectivity index is 2.30. The van der Waals surface area contributed by atoms with Crippen molar-refractivity contribution < 1.29 is 10.2 Å². The number of rotatable bonds is 2. The average Bonchev–Trinajstić information content (AvgIpc) is 3.00. The second-order valence-corrected chi connectivity index (χ2v) is 4.57. The summed E-state index contributed by atoms with van der Waals surface area (Å²) in [7, 11) is 3.45. The normalized spacial score (nSPS) is 24.5. The number of ether oxygens (including phenoxy) is 1. The SMILES string of the molecule is [2H]c1[nH]c2c([2H])c([2H])c(OC)c([2H])c2c1[C@H]1CCN(C)C1. The molecule has 1 aliphatic heterocycles. The quantitative estimate of drug-likeness (QED) is 0.865. The summed E-state index contributed by atoms with van der Waals surface area (Å²) in [5.74, 6) is 0.292. The molecule has 90 valence electrons. The van der Waals surface area contributed by atoms with E-state index in [0.29, 0.717) is 10.9 Å². The molecule has 0 amide bonds. The number of fused-ring (bicyclic) bond motifs is 1. The van der Waals surface area contributed by atoms with E-state index in [4.69, 9.17) is 10.2 Å². The average molecular weight is 234 g/mol. The number of aromatic amines is 1. The molecule has 2 aromatic rings. The highest BCUT2D eigenvalue weighted by Crippen LogP contribution is 2.33. The van der Waals surface area contributed by atoms with E-state index >= 15 is 0 Å². The van der Waals surface area contributed by atoms with Gasteiger partial charge in [-0.2, -0.15) is 0 Å². The fourth-order valence-corrected chi connectivity index (χ4v) is 2.46. The molecule has 0 bridgehead atoms. The Morgan fingerprint density at radius 1 is 1.53 bits per heavy atom. The third-order valence-corrected chi connectivity index (χ3v) is 3.38. The minimum atomic E-state index is -0.105. The number of H-pyrrole nitrogens is 1. The first-order valence-corrected chi connectivity index (χ1v) is 5.80. The van der Waals surface area contributed by atoms with Gasteiger partial charge in [-0.3, -0.25) is 0 Å². The molecule has 0 spiro atoms. The van der Waals surface area contributed by atoms with Crippen molar-refractivity contribution >= 4 is 10.9 Å². The summed E-state index contributed by atoms with van der Waals surface area (Å²) in [4.78, 5) is 5.08. The lowest BCUT2D eigenvalue weighted by molar-refractivity contribution is 0.411. The van der Waals surface area contributed by atoms with Gasteiger partial charge in [0.05, 0.1) is 12.6 Å². The van der Waals surface area contributed by atoms with Crippen molar-refractivity contribution in [1.82, 2.24) is 9.88 Å². The second kappa shape index (κ2) is 4.08. The van der Waals surface area contributed by atoms with Crippen molar-refractivity contribution in [1.29, 1.82) is 0 Å². The monoisotopic (exact) mass is 234 g/mol. The van der Waals surface area contributed by atoms with E-state index in [-0.39, 0.29) is 36.0 Å². The largest absolute Gasteiger partial charge is 0.497 e. The predicted octanol–water partition coefficient (Wildman–Crippen LogP) is 2.60. The van der Waals surface area contributed by atoms with Crippen LogP contribution in [0.3, 0.4) is 0 Å². The Bertz CT molecular complexity index is 713. The Morgan fingerprint density at radius 3 is 3.12 bits per heavy atom. The zero-order valence-corrected chi connectivity index (χ0v) is 10.1. The van der Waals surface area contributed by atoms with Gasteiger partial charge in [0.25, 0.3) is 0 Å². The van der Waals surface area contributed by atoms with Crippen LogP contribution in [-0.2, 0) is 0 Å². The van der Waals surface area contributed by atoms with Gasteiger partial charge in [-0.15, -0.1) is 0 Å². The zero-order valence-electron chi connectivity index (χ0n) is 14.1. The molecule has 1 atom stereocenters. The molecule has 1 aliphatic rings. The molecule has 0 aliphatic carbocycles. The molecule has 1 aromatic carbocycles. The van der Waals surface area contributed by atoms with Crippen LogP contribution in [0.1, 0.15) is 23.4 Å². The van der Waals surface area contributed by atoms with Crippen LogP contribution in [0.2, 0.25) is 0 Å². The minimum Gasteiger partial charge on any atom is -0.497 e. The first kappa shape index (κ1) is 7.07. The third-order valence-electron chi connectivity index (χ3n) is 3.38. The highest BCUT2D eigenvalue weighted by molar-refractivity contribution is 5.85. The van der Waals surface area contributed by atoms with Gasteiger partial charge in [0.1, 0.15) is 5.75 Å². The van der Waals surface area contributed by atoms with Crippen molar-refractivity contribution in [3.05, 3.63) is 29.9 Å². The number of hydrogen-bond acceptors (Lipinski definition) is 2. The number of nitrogens with zero attached hydrogens (tertiary/aromatic N) is 1. The summed E-state index contributed by atoms with van der Waals surface area (Å²) < 4.78 is 37.6. The molecule has 2 heterocycles. The van der Waals surface area contributed by atoms with E-state index in [1.54, 1.807) is 0 Å². The van der Waals surface area contributed by atoms with Crippen LogP contribution in [0, 0.1) is 0 Å². The van der Waals surface area contributed by atoms with E-state index in [2.05, 4.69) is 9.88 Å². The van der Waals surface area contributed by atoms with Crippen LogP contribution >= 0.6 is 0 Å². The van der Waals surface area contributed by atoms with Crippen molar-refractivity contribution in [3.8, 4) is 5.75 Å². The summed E-state index contributed by atoms with van der Waals surface area (Å²) in [6.45, 7) is 1.81. The number of hydrogen-bond donors (Lipinski definition) is 1. The second-order valence-electron chi connectivity index (χ2n) is 4.57. The molecule has 0 unspecified atom stereocenters. The summed E-state index contributed by atoms with van der Waals surface area (Å²) in [6.07, 6.45) is 1.19. The highest BCUT2D eigenvalue weighted by Gasteiger charge is 2.23. The summed E-state index contributed by atoms with van der Waals surface area (Å²) in [5, 5.41) is 0.568. The van der Waals surface area contributed by atoms with Crippen LogP contribution in [0.4, 0.5) is 0 Å². The molecule has 1 fully saturated rings. The van der Waals surface area contributed by atoms with E-state index in [9.17, 15) is 0 Å². The topological polar surface area (TPSA) is 28.3 Å². The molecule has 1 aromatic heterocycles. The van der Waals surface area contributed by atoms with Gasteiger partial charge in [0.2, 0.25) is 0 Å². The maximum atomic E-state index is 8.30. The number of likely N-dealkylation sites (N-methyl/N-ethyl adjacent to an activating group) is 1. The van der Waals surface area contributed by atoms with E-state index in [0.717, 1.165) is 25.1 Å². The molecular formula is C14H18N2O. The van der Waals surface area contributed by atoms with Gasteiger partial charge in [0.15, 0.2) is 0 Å². The van der Waals surface area contributed by atoms with Crippen LogP contribution in [0.25, 0.3) is 10.9 Å². The minimum absolute atomic E-state index is 0.0102. The van der Waals surface area contributed by atoms with Gasteiger partial charge in [-0.05, 0) is 49.6 Å². The lowest BCUT2D eigenvalue weighted by Gasteiger charge is -2.09. The summed E-state index contributed by atoms with van der Waals surface area (Å²) in [6, 6.07) is -0.0110. The van der Waals surface area contributed by atoms with Crippen molar-refractivity contribution in [2.75, 3.05) is 27.2 Å². The van der Waals surface area contributed by atoms with E-state index in [1.165, 1.54) is 7.11 Å². The van der Waals surface area contributed by atoms with Crippen LogP contribution in [0.5, 0.6) is 5.75 Å². The molecular weight excluding hydrogens is 212 g/mol. The highest BCUT2D eigenvalue weighted by atomic mass is 16.5. The van der Waals surface area contributed by atoms with Crippen LogP contribution in [0.15, 0.2) is 24.3 Å². The van der Waals surface area contributed by atoms with E-state index in [1.807, 2.05) is 7.05 Å². The number of aromatic nitrogens is 1. The third kappa shape index (κ3) is 1.80. The van der Waals surface area contributed by atoms with Crippen molar-refractivity contribution in [2.45, 2.75) is 12.3 Å². The van der Waals surface area contributed by atoms with Gasteiger partial charge >= 0.3 is 0 Å². The molecule has 0 saturated carbocycles. The molecule has 1 N–H and O–H groups in total. The lowest BCUT2D eigenvalue weighted by atomic mass is 9.98. The molecule has 1 saturated heterocycles. The lowest BCUT2D eigenvalue weighted by Crippen LogP contribution is -2.13. The van der Waals surface area contributed by atoms with E-state index < -0.39 is 0 Å². The standard InChI is InChI=1S/C14H18N2O/c1-16-6-5-10(9-16)13-8-15-14-4-3-11(17-2)7-12(13)14/h3-4,7-8,10,15H,5-6,9H2,1-2H3/t10-/m0/s1/i3D,4D,7D,8D. The molecule has 3 heteroatoms. The first-order chi connectivity index (χ1) is 9.95. The predicted molar refractivity (Wildman–Crippen MR) is 69.7 cm³/mol. The summed E-state index contributed by atoms with van der Waals surface area (Å²) in [5.41, 5.74) is 1.19. The maximum Gasteiger partial charge on any atom is 0.119 e. The Morgan fingerprint density at radius 2 is 2.41 bits per heavy atom. The van der Waals surface area contributed by atoms with Crippen LogP contribution in [-0.4, -0.2) is 37.1 Å². The number of benzene rings is 1. The van der Waals surface area contributed by atoms with Gasteiger partial charge in [-0.25, -0.2) is 0 Å². The molecule has 3 nitrogen and oxygen atoms in total. The Labute approximate surface area is 107 Å². The Hall–Kier alpha value is -1.48. The van der Waals surface area contributed by atoms with Crippen LogP contribution < -0.4 is 4.74 Å². The number of likely N-dealkylation sites (tertiary alicyclic amines) is 1. The van der Waals surface area contributed by atoms with Crippen molar-refractivity contribution in [2.24, 2.45) is 0 Å². The number of nitrogens with one attached hydrogen (secondary N) is 1. The fraction of sp³-hybridized carbons (Fsp3) is 0.429. The number of methoxy groups -OCH3 is 1. The maximum absolute atomic E-state index is 8.30. The van der Waals surface area contributed by atoms with Crippen molar-refractivity contribution in [3.63, 3.8) is 0 Å². The molecule has 0 radical (unpaired) electrons. The fourth-order valence-electron chi connectivity index (χ4n) is 2.46. The van der Waals surface area contributed by atoms with Gasteiger partial charge < -0.3 is 14.6 Å². The van der Waals surface area contributed by atoms with Gasteiger partial charge in [0, 0.05) is 23.6 Å². The zero-order chi connectivity index (χ0) is 15.3. The molecule has 3 rings (SSSR count). The Kier molecular flexibility index (Phi) is 1.69.